The molecule has 1 aliphatic carbocycles. The highest BCUT2D eigenvalue weighted by atomic mass is 32.2. The molecule has 1 saturated carbocycles. The molecule has 0 bridgehead atoms. The Morgan fingerprint density at radius 1 is 1.24 bits per heavy atom. The summed E-state index contributed by atoms with van der Waals surface area (Å²) in [5, 5.41) is 3.14. The molecular formula is C26H39N5OS. The smallest absolute Gasteiger partial charge is 0.0533 e. The minimum atomic E-state index is -2.61. The summed E-state index contributed by atoms with van der Waals surface area (Å²) in [7, 11) is -2.61. The van der Waals surface area contributed by atoms with Gasteiger partial charge in [-0.15, -0.1) is 0 Å². The molecule has 0 spiro atoms. The zero-order valence-corrected chi connectivity index (χ0v) is 19.9. The predicted octanol–water partition coefficient (Wildman–Crippen LogP) is 3.97. The van der Waals surface area contributed by atoms with Crippen LogP contribution in [0.5, 0.6) is 0 Å². The third-order valence-corrected chi connectivity index (χ3v) is 7.62. The molecule has 7 heteroatoms. The number of rotatable bonds is 9. The molecule has 0 saturated heterocycles. The van der Waals surface area contributed by atoms with Crippen molar-refractivity contribution in [3.05, 3.63) is 65.8 Å². The highest BCUT2D eigenvalue weighted by molar-refractivity contribution is 7.98. The summed E-state index contributed by atoms with van der Waals surface area (Å²) in [6.07, 6.45) is 11.3. The Hall–Kier alpha value is -2.61. The first-order chi connectivity index (χ1) is 15.2. The van der Waals surface area contributed by atoms with Crippen LogP contribution in [0.25, 0.3) is 17.2 Å². The molecule has 1 unspecified atom stereocenters. The Labute approximate surface area is 199 Å². The molecule has 1 atom stereocenters. The van der Waals surface area contributed by atoms with E-state index in [1.807, 2.05) is 43.5 Å². The molecule has 0 amide bonds. The molecule has 6 nitrogen and oxygen atoms in total. The number of nitrogens with two attached hydrogens (primary N) is 2. The van der Waals surface area contributed by atoms with Crippen LogP contribution in [0.15, 0.2) is 59.4 Å². The quantitative estimate of drug-likeness (QED) is 0.416. The normalized spacial score (nSPS) is 17.5. The monoisotopic (exact) mass is 469 g/mol. The number of hydrogen-bond donors (Lipinski definition) is 4. The summed E-state index contributed by atoms with van der Waals surface area (Å²) in [6, 6.07) is 9.77. The molecule has 1 fully saturated rings. The molecule has 1 aliphatic rings. The van der Waals surface area contributed by atoms with Gasteiger partial charge in [0.25, 0.3) is 0 Å². The van der Waals surface area contributed by atoms with Gasteiger partial charge in [0.15, 0.2) is 0 Å². The van der Waals surface area contributed by atoms with E-state index in [0.29, 0.717) is 18.0 Å². The minimum Gasteiger partial charge on any atom is -0.403 e. The molecular weight excluding hydrogens is 430 g/mol. The van der Waals surface area contributed by atoms with Gasteiger partial charge in [-0.25, -0.2) is 8.93 Å². The highest BCUT2D eigenvalue weighted by Crippen LogP contribution is 2.29. The summed E-state index contributed by atoms with van der Waals surface area (Å²) < 4.78 is 16.3. The Bertz CT molecular complexity index is 1080. The Morgan fingerprint density at radius 2 is 1.91 bits per heavy atom. The van der Waals surface area contributed by atoms with Crippen LogP contribution in [0.3, 0.4) is 0 Å². The van der Waals surface area contributed by atoms with E-state index in [0.717, 1.165) is 53.6 Å². The van der Waals surface area contributed by atoms with Gasteiger partial charge >= 0.3 is 0 Å². The topological polar surface area (TPSA) is 106 Å². The molecule has 1 heterocycles. The van der Waals surface area contributed by atoms with E-state index in [9.17, 15) is 4.21 Å². The SMILES string of the molecule is C.C=S(=O)(NCC1(N)CCCC1)c1ccc(-c2ccnc(C)c2/C=C(\C)CN/C=C\N)cc1. The number of hydrogen-bond acceptors (Lipinski definition) is 5. The molecule has 0 aliphatic heterocycles. The second-order valence-electron chi connectivity index (χ2n) is 8.68. The molecule has 2 aromatic rings. The van der Waals surface area contributed by atoms with Gasteiger partial charge in [0.05, 0.1) is 9.71 Å². The Morgan fingerprint density at radius 3 is 2.55 bits per heavy atom. The summed E-state index contributed by atoms with van der Waals surface area (Å²) in [4.78, 5) is 5.14. The standard InChI is InChI=1S/C25H35N5OS.CH4/c1-19(17-28-15-13-26)16-24-20(2)29-14-10-23(24)21-6-8-22(9-7-21)32(3,31)30-18-25(27)11-4-5-12-25;/h6-10,13-16,28H,3-5,11-12,17-18,26-27H2,1-2H3,(H,30,31);1H4/b15-13-,19-16+;. The van der Waals surface area contributed by atoms with Crippen LogP contribution in [0.2, 0.25) is 0 Å². The second-order valence-corrected chi connectivity index (χ2v) is 10.8. The fraction of sp³-hybridized carbons (Fsp3) is 0.385. The largest absolute Gasteiger partial charge is 0.403 e. The second kappa shape index (κ2) is 11.5. The molecule has 6 N–H and O–H groups in total. The number of nitrogens with one attached hydrogen (secondary N) is 2. The molecule has 1 aromatic heterocycles. The van der Waals surface area contributed by atoms with Crippen molar-refractivity contribution >= 4 is 21.7 Å². The third kappa shape index (κ3) is 6.93. The first kappa shape index (κ1) is 26.6. The van der Waals surface area contributed by atoms with Gasteiger partial charge in [-0.05, 0) is 61.9 Å². The average molecular weight is 470 g/mol. The van der Waals surface area contributed by atoms with Crippen LogP contribution in [0.1, 0.15) is 51.3 Å². The molecule has 33 heavy (non-hydrogen) atoms. The van der Waals surface area contributed by atoms with Gasteiger partial charge in [0, 0.05) is 53.4 Å². The first-order valence-electron chi connectivity index (χ1n) is 11.0. The fourth-order valence-electron chi connectivity index (χ4n) is 4.05. The lowest BCUT2D eigenvalue weighted by Gasteiger charge is -2.25. The first-order valence-corrected chi connectivity index (χ1v) is 12.7. The summed E-state index contributed by atoms with van der Waals surface area (Å²) >= 11 is 0. The van der Waals surface area contributed by atoms with Crippen LogP contribution < -0.4 is 21.5 Å². The minimum absolute atomic E-state index is 0. The predicted molar refractivity (Wildman–Crippen MR) is 143 cm³/mol. The summed E-state index contributed by atoms with van der Waals surface area (Å²) in [5.74, 6) is 3.96. The van der Waals surface area contributed by atoms with Crippen LogP contribution in [-0.4, -0.2) is 33.7 Å². The summed E-state index contributed by atoms with van der Waals surface area (Å²) in [6.45, 7) is 5.28. The Kier molecular flexibility index (Phi) is 9.28. The highest BCUT2D eigenvalue weighted by Gasteiger charge is 2.29. The van der Waals surface area contributed by atoms with Gasteiger partial charge in [-0.3, -0.25) is 4.98 Å². The van der Waals surface area contributed by atoms with E-state index < -0.39 is 9.71 Å². The van der Waals surface area contributed by atoms with Crippen molar-refractivity contribution in [2.24, 2.45) is 11.5 Å². The van der Waals surface area contributed by atoms with Gasteiger partial charge in [-0.2, -0.15) is 0 Å². The van der Waals surface area contributed by atoms with E-state index in [2.05, 4.69) is 33.9 Å². The number of aromatic nitrogens is 1. The molecule has 1 aromatic carbocycles. The van der Waals surface area contributed by atoms with Crippen molar-refractivity contribution < 1.29 is 4.21 Å². The zero-order chi connectivity index (χ0) is 23.2. The number of nitrogens with zero attached hydrogens (tertiary/aromatic N) is 1. The maximum atomic E-state index is 13.2. The van der Waals surface area contributed by atoms with Gasteiger partial charge < -0.3 is 16.8 Å². The van der Waals surface area contributed by atoms with E-state index in [-0.39, 0.29) is 13.0 Å². The lowest BCUT2D eigenvalue weighted by Crippen LogP contribution is -2.47. The molecule has 180 valence electrons. The van der Waals surface area contributed by atoms with Crippen molar-refractivity contribution in [3.8, 4) is 11.1 Å². The van der Waals surface area contributed by atoms with Gasteiger partial charge in [0.2, 0.25) is 0 Å². The number of benzene rings is 1. The van der Waals surface area contributed by atoms with Gasteiger partial charge in [-0.1, -0.05) is 44.1 Å². The van der Waals surface area contributed by atoms with Crippen molar-refractivity contribution in [1.82, 2.24) is 15.0 Å². The maximum Gasteiger partial charge on any atom is 0.0533 e. The molecule has 3 rings (SSSR count). The fourth-order valence-corrected chi connectivity index (χ4v) is 5.31. The van der Waals surface area contributed by atoms with Crippen LogP contribution in [0, 0.1) is 6.92 Å². The van der Waals surface area contributed by atoms with E-state index in [1.165, 1.54) is 6.20 Å². The molecule has 0 radical (unpaired) electrons. The number of aryl methyl sites for hydroxylation is 1. The van der Waals surface area contributed by atoms with Gasteiger partial charge in [0.1, 0.15) is 0 Å². The lowest BCUT2D eigenvalue weighted by molar-refractivity contribution is 0.436. The van der Waals surface area contributed by atoms with Crippen molar-refractivity contribution in [1.29, 1.82) is 0 Å². The zero-order valence-electron chi connectivity index (χ0n) is 19.1. The van der Waals surface area contributed by atoms with E-state index >= 15 is 0 Å². The average Bonchev–Trinajstić information content (AvgIpc) is 3.21. The van der Waals surface area contributed by atoms with Crippen molar-refractivity contribution in [2.75, 3.05) is 13.1 Å². The van der Waals surface area contributed by atoms with E-state index in [4.69, 9.17) is 11.5 Å². The van der Waals surface area contributed by atoms with Crippen LogP contribution in [0.4, 0.5) is 0 Å². The van der Waals surface area contributed by atoms with Crippen molar-refractivity contribution in [2.45, 2.75) is 57.4 Å². The lowest BCUT2D eigenvalue weighted by atomic mass is 9.98. The Balaban J connectivity index is 0.00000385. The van der Waals surface area contributed by atoms with Crippen LogP contribution in [-0.2, 0) is 9.71 Å². The van der Waals surface area contributed by atoms with E-state index in [1.54, 1.807) is 6.20 Å². The maximum absolute atomic E-state index is 13.2. The van der Waals surface area contributed by atoms with Crippen molar-refractivity contribution in [3.63, 3.8) is 0 Å². The number of pyridine rings is 1. The third-order valence-electron chi connectivity index (χ3n) is 5.98. The van der Waals surface area contributed by atoms with Crippen LogP contribution >= 0.6 is 0 Å². The summed E-state index contributed by atoms with van der Waals surface area (Å²) in [5.41, 5.74) is 16.8.